The summed E-state index contributed by atoms with van der Waals surface area (Å²) in [7, 11) is 0. The van der Waals surface area contributed by atoms with Gasteiger partial charge >= 0.3 is 0 Å². The van der Waals surface area contributed by atoms with E-state index in [2.05, 4.69) is 0 Å². The van der Waals surface area contributed by atoms with Gasteiger partial charge in [0.15, 0.2) is 0 Å². The number of hydrogen-bond acceptors (Lipinski definition) is 3. The van der Waals surface area contributed by atoms with Crippen molar-refractivity contribution in [1.82, 2.24) is 0 Å². The molecule has 2 N–H and O–H groups in total. The van der Waals surface area contributed by atoms with Gasteiger partial charge in [-0.3, -0.25) is 0 Å². The number of hydrogen-bond donors (Lipinski definition) is 2. The SMILES string of the molecule is OC[C@@H]1C[C@]1(CO)COCc1ccccc1. The second-order valence-corrected chi connectivity index (χ2v) is 4.58. The molecule has 0 heterocycles. The van der Waals surface area contributed by atoms with Crippen molar-refractivity contribution >= 4 is 0 Å². The molecular weight excluding hydrogens is 204 g/mol. The maximum atomic E-state index is 9.26. The summed E-state index contributed by atoms with van der Waals surface area (Å²) in [6, 6.07) is 9.97. The number of aliphatic hydroxyl groups excluding tert-OH is 2. The normalized spacial score (nSPS) is 28.0. The molecule has 0 unspecified atom stereocenters. The molecule has 0 bridgehead atoms. The molecule has 2 atom stereocenters. The second kappa shape index (κ2) is 4.95. The summed E-state index contributed by atoms with van der Waals surface area (Å²) >= 11 is 0. The molecule has 16 heavy (non-hydrogen) atoms. The summed E-state index contributed by atoms with van der Waals surface area (Å²) in [5.41, 5.74) is 0.959. The Kier molecular flexibility index (Phi) is 3.59. The van der Waals surface area contributed by atoms with Gasteiger partial charge in [0.1, 0.15) is 0 Å². The highest BCUT2D eigenvalue weighted by Gasteiger charge is 2.53. The minimum absolute atomic E-state index is 0.104. The molecule has 2 rings (SSSR count). The molecule has 0 aliphatic heterocycles. The van der Waals surface area contributed by atoms with E-state index in [1.165, 1.54) is 0 Å². The molecule has 0 spiro atoms. The van der Waals surface area contributed by atoms with Gasteiger partial charge in [-0.2, -0.15) is 0 Å². The van der Waals surface area contributed by atoms with E-state index < -0.39 is 0 Å². The number of benzene rings is 1. The van der Waals surface area contributed by atoms with Crippen LogP contribution >= 0.6 is 0 Å². The van der Waals surface area contributed by atoms with Crippen molar-refractivity contribution in [2.75, 3.05) is 19.8 Å². The molecule has 88 valence electrons. The first-order chi connectivity index (χ1) is 7.80. The van der Waals surface area contributed by atoms with E-state index in [-0.39, 0.29) is 24.5 Å². The highest BCUT2D eigenvalue weighted by Crippen LogP contribution is 2.51. The quantitative estimate of drug-likeness (QED) is 0.760. The molecule has 1 fully saturated rings. The van der Waals surface area contributed by atoms with Crippen LogP contribution < -0.4 is 0 Å². The Hall–Kier alpha value is -0.900. The third-order valence-electron chi connectivity index (χ3n) is 3.40. The first kappa shape index (κ1) is 11.6. The van der Waals surface area contributed by atoms with Crippen molar-refractivity contribution in [2.45, 2.75) is 13.0 Å². The number of aliphatic hydroxyl groups is 2. The van der Waals surface area contributed by atoms with Crippen LogP contribution in [0.4, 0.5) is 0 Å². The van der Waals surface area contributed by atoms with Gasteiger partial charge < -0.3 is 14.9 Å². The predicted octanol–water partition coefficient (Wildman–Crippen LogP) is 1.19. The Morgan fingerprint density at radius 1 is 1.25 bits per heavy atom. The van der Waals surface area contributed by atoms with Gasteiger partial charge in [0, 0.05) is 12.0 Å². The van der Waals surface area contributed by atoms with Gasteiger partial charge in [-0.05, 0) is 17.9 Å². The fourth-order valence-corrected chi connectivity index (χ4v) is 2.05. The van der Waals surface area contributed by atoms with Crippen LogP contribution in [0.3, 0.4) is 0 Å². The molecule has 0 saturated heterocycles. The Morgan fingerprint density at radius 2 is 2.00 bits per heavy atom. The molecule has 1 aromatic rings. The van der Waals surface area contributed by atoms with Crippen molar-refractivity contribution < 1.29 is 14.9 Å². The zero-order chi connectivity index (χ0) is 11.4. The van der Waals surface area contributed by atoms with Crippen LogP contribution in [-0.2, 0) is 11.3 Å². The molecule has 3 nitrogen and oxygen atoms in total. The monoisotopic (exact) mass is 222 g/mol. The van der Waals surface area contributed by atoms with Gasteiger partial charge in [-0.1, -0.05) is 30.3 Å². The third kappa shape index (κ3) is 2.43. The summed E-state index contributed by atoms with van der Waals surface area (Å²) < 4.78 is 5.60. The first-order valence-corrected chi connectivity index (χ1v) is 5.64. The average Bonchev–Trinajstić information content (AvgIpc) is 3.05. The standard InChI is InChI=1S/C13H18O3/c14-7-12-6-13(12,9-15)10-16-8-11-4-2-1-3-5-11/h1-5,12,14-15H,6-10H2/t12-,13-/m0/s1. The smallest absolute Gasteiger partial charge is 0.0717 e. The third-order valence-corrected chi connectivity index (χ3v) is 3.40. The average molecular weight is 222 g/mol. The van der Waals surface area contributed by atoms with E-state index >= 15 is 0 Å². The van der Waals surface area contributed by atoms with Crippen molar-refractivity contribution in [3.8, 4) is 0 Å². The molecule has 1 saturated carbocycles. The van der Waals surface area contributed by atoms with Gasteiger partial charge in [0.05, 0.1) is 19.8 Å². The van der Waals surface area contributed by atoms with E-state index in [0.29, 0.717) is 13.2 Å². The number of rotatable bonds is 6. The largest absolute Gasteiger partial charge is 0.396 e. The fourth-order valence-electron chi connectivity index (χ4n) is 2.05. The fraction of sp³-hybridized carbons (Fsp3) is 0.538. The minimum atomic E-state index is -0.177. The lowest BCUT2D eigenvalue weighted by Gasteiger charge is -2.14. The Labute approximate surface area is 95.7 Å². The van der Waals surface area contributed by atoms with Crippen molar-refractivity contribution in [2.24, 2.45) is 11.3 Å². The van der Waals surface area contributed by atoms with Gasteiger partial charge in [-0.15, -0.1) is 0 Å². The summed E-state index contributed by atoms with van der Waals surface area (Å²) in [6.07, 6.45) is 0.870. The van der Waals surface area contributed by atoms with Gasteiger partial charge in [-0.25, -0.2) is 0 Å². The van der Waals surface area contributed by atoms with Gasteiger partial charge in [0.2, 0.25) is 0 Å². The van der Waals surface area contributed by atoms with Crippen LogP contribution in [0.5, 0.6) is 0 Å². The highest BCUT2D eigenvalue weighted by molar-refractivity contribution is 5.13. The molecular formula is C13H18O3. The van der Waals surface area contributed by atoms with Crippen LogP contribution in [0.2, 0.25) is 0 Å². The lowest BCUT2D eigenvalue weighted by atomic mass is 10.1. The lowest BCUT2D eigenvalue weighted by Crippen LogP contribution is -2.19. The van der Waals surface area contributed by atoms with Crippen LogP contribution in [0, 0.1) is 11.3 Å². The second-order valence-electron chi connectivity index (χ2n) is 4.58. The van der Waals surface area contributed by atoms with Crippen molar-refractivity contribution in [3.63, 3.8) is 0 Å². The van der Waals surface area contributed by atoms with E-state index in [0.717, 1.165) is 12.0 Å². The van der Waals surface area contributed by atoms with Crippen LogP contribution in [0.15, 0.2) is 30.3 Å². The minimum Gasteiger partial charge on any atom is -0.396 e. The van der Waals surface area contributed by atoms with E-state index in [1.807, 2.05) is 30.3 Å². The molecule has 1 aromatic carbocycles. The number of ether oxygens (including phenoxy) is 1. The summed E-state index contributed by atoms with van der Waals surface area (Å²) in [4.78, 5) is 0. The molecule has 0 amide bonds. The lowest BCUT2D eigenvalue weighted by molar-refractivity contribution is 0.0388. The van der Waals surface area contributed by atoms with Crippen molar-refractivity contribution in [3.05, 3.63) is 35.9 Å². The Morgan fingerprint density at radius 3 is 2.56 bits per heavy atom. The van der Waals surface area contributed by atoms with Crippen LogP contribution in [-0.4, -0.2) is 30.0 Å². The summed E-state index contributed by atoms with van der Waals surface area (Å²) in [5.74, 6) is 0.216. The predicted molar refractivity (Wildman–Crippen MR) is 60.8 cm³/mol. The zero-order valence-electron chi connectivity index (χ0n) is 9.30. The van der Waals surface area contributed by atoms with E-state index in [1.54, 1.807) is 0 Å². The summed E-state index contributed by atoms with van der Waals surface area (Å²) in [5, 5.41) is 18.3. The molecule has 0 radical (unpaired) electrons. The first-order valence-electron chi connectivity index (χ1n) is 5.64. The zero-order valence-corrected chi connectivity index (χ0v) is 9.30. The highest BCUT2D eigenvalue weighted by atomic mass is 16.5. The van der Waals surface area contributed by atoms with Crippen molar-refractivity contribution in [1.29, 1.82) is 0 Å². The maximum absolute atomic E-state index is 9.26. The van der Waals surface area contributed by atoms with E-state index in [4.69, 9.17) is 9.84 Å². The maximum Gasteiger partial charge on any atom is 0.0717 e. The molecule has 1 aliphatic rings. The topological polar surface area (TPSA) is 49.7 Å². The molecule has 0 aromatic heterocycles. The van der Waals surface area contributed by atoms with Crippen LogP contribution in [0.1, 0.15) is 12.0 Å². The van der Waals surface area contributed by atoms with E-state index in [9.17, 15) is 5.11 Å². The Balaban J connectivity index is 1.76. The van der Waals surface area contributed by atoms with Crippen LogP contribution in [0.25, 0.3) is 0 Å². The van der Waals surface area contributed by atoms with Gasteiger partial charge in [0.25, 0.3) is 0 Å². The molecule has 1 aliphatic carbocycles. The molecule has 3 heteroatoms. The Bertz CT molecular complexity index is 325. The summed E-state index contributed by atoms with van der Waals surface area (Å²) in [6.45, 7) is 1.35.